The standard InChI is InChI=1S/C25H27N3O5S/c1-19-2-4-21(5-3-19)33-22-6-8-23(9-7-22)34(31,32)25(24(29)27-30)12-16-28(17-13-25)18-20-10-14-26-15-11-20/h2-11,14-15,30H,12-13,16-18H2,1H3,(H,27,29). The SMILES string of the molecule is Cc1ccc(Oc2ccc(S(=O)(=O)C3(C(=O)NO)CCN(Cc4ccncc4)CC3)cc2)cc1. The van der Waals surface area contributed by atoms with E-state index in [0.29, 0.717) is 31.1 Å². The van der Waals surface area contributed by atoms with Crippen molar-refractivity contribution in [2.75, 3.05) is 13.1 Å². The number of likely N-dealkylation sites (tertiary alicyclic amines) is 1. The first-order valence-electron chi connectivity index (χ1n) is 11.0. The Hall–Kier alpha value is -3.27. The van der Waals surface area contributed by atoms with Gasteiger partial charge in [0, 0.05) is 32.0 Å². The fourth-order valence-corrected chi connectivity index (χ4v) is 6.15. The molecular formula is C25H27N3O5S. The number of carbonyl (C=O) groups excluding carboxylic acids is 1. The summed E-state index contributed by atoms with van der Waals surface area (Å²) in [6, 6.07) is 17.3. The molecule has 3 aromatic rings. The maximum atomic E-state index is 13.6. The highest BCUT2D eigenvalue weighted by molar-refractivity contribution is 7.93. The van der Waals surface area contributed by atoms with Crippen LogP contribution in [0, 0.1) is 6.92 Å². The van der Waals surface area contributed by atoms with Crippen molar-refractivity contribution in [1.29, 1.82) is 0 Å². The molecule has 34 heavy (non-hydrogen) atoms. The maximum absolute atomic E-state index is 13.6. The molecule has 1 saturated heterocycles. The van der Waals surface area contributed by atoms with Gasteiger partial charge in [-0.15, -0.1) is 0 Å². The molecule has 2 N–H and O–H groups in total. The monoisotopic (exact) mass is 481 g/mol. The predicted molar refractivity (Wildman–Crippen MR) is 126 cm³/mol. The number of benzene rings is 2. The number of rotatable bonds is 7. The fourth-order valence-electron chi connectivity index (χ4n) is 4.19. The highest BCUT2D eigenvalue weighted by atomic mass is 32.2. The third kappa shape index (κ3) is 4.82. The van der Waals surface area contributed by atoms with Crippen LogP contribution in [0.5, 0.6) is 11.5 Å². The minimum atomic E-state index is -4.09. The third-order valence-corrected chi connectivity index (χ3v) is 8.75. The van der Waals surface area contributed by atoms with Gasteiger partial charge in [-0.25, -0.2) is 13.9 Å². The molecule has 1 aliphatic heterocycles. The Morgan fingerprint density at radius 1 is 1.00 bits per heavy atom. The summed E-state index contributed by atoms with van der Waals surface area (Å²) < 4.78 is 31.3. The molecule has 2 heterocycles. The minimum Gasteiger partial charge on any atom is -0.457 e. The Bertz CT molecular complexity index is 1220. The van der Waals surface area contributed by atoms with E-state index in [-0.39, 0.29) is 17.7 Å². The average Bonchev–Trinajstić information content (AvgIpc) is 2.86. The van der Waals surface area contributed by atoms with Crippen molar-refractivity contribution in [3.05, 3.63) is 84.2 Å². The lowest BCUT2D eigenvalue weighted by molar-refractivity contribution is -0.133. The van der Waals surface area contributed by atoms with Crippen molar-refractivity contribution in [2.45, 2.75) is 36.0 Å². The predicted octanol–water partition coefficient (Wildman–Crippen LogP) is 3.50. The van der Waals surface area contributed by atoms with Crippen LogP contribution in [-0.2, 0) is 21.2 Å². The quantitative estimate of drug-likeness (QED) is 0.393. The van der Waals surface area contributed by atoms with E-state index in [4.69, 9.17) is 4.74 Å². The first kappa shape index (κ1) is 23.9. The highest BCUT2D eigenvalue weighted by Crippen LogP contribution is 2.37. The Kier molecular flexibility index (Phi) is 6.97. The van der Waals surface area contributed by atoms with Crippen molar-refractivity contribution in [3.63, 3.8) is 0 Å². The summed E-state index contributed by atoms with van der Waals surface area (Å²) in [5, 5.41) is 9.39. The third-order valence-electron chi connectivity index (χ3n) is 6.24. The molecule has 9 heteroatoms. The van der Waals surface area contributed by atoms with Gasteiger partial charge in [0.15, 0.2) is 14.6 Å². The second kappa shape index (κ2) is 9.92. The van der Waals surface area contributed by atoms with Crippen LogP contribution in [0.15, 0.2) is 78.0 Å². The summed E-state index contributed by atoms with van der Waals surface area (Å²) in [5.74, 6) is 0.214. The normalized spacial score (nSPS) is 16.1. The van der Waals surface area contributed by atoms with E-state index < -0.39 is 20.5 Å². The smallest absolute Gasteiger partial charge is 0.265 e. The van der Waals surface area contributed by atoms with Gasteiger partial charge in [-0.1, -0.05) is 17.7 Å². The van der Waals surface area contributed by atoms with Crippen molar-refractivity contribution >= 4 is 15.7 Å². The van der Waals surface area contributed by atoms with Gasteiger partial charge in [-0.05, 0) is 73.9 Å². The first-order chi connectivity index (χ1) is 16.3. The molecular weight excluding hydrogens is 454 g/mol. The Morgan fingerprint density at radius 2 is 1.56 bits per heavy atom. The summed E-state index contributed by atoms with van der Waals surface area (Å²) in [7, 11) is -4.09. The number of hydrogen-bond donors (Lipinski definition) is 2. The van der Waals surface area contributed by atoms with E-state index in [1.807, 2.05) is 43.3 Å². The zero-order valence-corrected chi connectivity index (χ0v) is 19.7. The number of aromatic nitrogens is 1. The highest BCUT2D eigenvalue weighted by Gasteiger charge is 2.52. The van der Waals surface area contributed by atoms with E-state index in [9.17, 15) is 18.4 Å². The van der Waals surface area contributed by atoms with Crippen LogP contribution in [0.1, 0.15) is 24.0 Å². The topological polar surface area (TPSA) is 109 Å². The number of nitrogens with one attached hydrogen (secondary N) is 1. The Labute approximate surface area is 199 Å². The molecule has 0 spiro atoms. The minimum absolute atomic E-state index is 0.00920. The van der Waals surface area contributed by atoms with Crippen molar-refractivity contribution in [2.24, 2.45) is 0 Å². The number of hydroxylamine groups is 1. The lowest BCUT2D eigenvalue weighted by Gasteiger charge is -2.39. The van der Waals surface area contributed by atoms with E-state index in [1.54, 1.807) is 30.0 Å². The van der Waals surface area contributed by atoms with Crippen molar-refractivity contribution in [3.8, 4) is 11.5 Å². The summed E-state index contributed by atoms with van der Waals surface area (Å²) >= 11 is 0. The number of sulfone groups is 1. The molecule has 0 atom stereocenters. The van der Waals surface area contributed by atoms with Crippen molar-refractivity contribution < 1.29 is 23.2 Å². The summed E-state index contributed by atoms with van der Waals surface area (Å²) in [5.41, 5.74) is 3.76. The van der Waals surface area contributed by atoms with E-state index in [2.05, 4.69) is 9.88 Å². The van der Waals surface area contributed by atoms with Crippen LogP contribution in [0.3, 0.4) is 0 Å². The van der Waals surface area contributed by atoms with Crippen LogP contribution in [-0.4, -0.2) is 47.3 Å². The van der Waals surface area contributed by atoms with Gasteiger partial charge in [0.2, 0.25) is 0 Å². The molecule has 0 unspecified atom stereocenters. The lowest BCUT2D eigenvalue weighted by Crippen LogP contribution is -2.57. The number of aryl methyl sites for hydroxylation is 1. The first-order valence-corrected chi connectivity index (χ1v) is 12.5. The van der Waals surface area contributed by atoms with Crippen LogP contribution in [0.25, 0.3) is 0 Å². The molecule has 1 aromatic heterocycles. The second-order valence-electron chi connectivity index (χ2n) is 8.46. The van der Waals surface area contributed by atoms with Gasteiger partial charge in [-0.2, -0.15) is 0 Å². The van der Waals surface area contributed by atoms with E-state index in [1.165, 1.54) is 12.1 Å². The van der Waals surface area contributed by atoms with Gasteiger partial charge in [0.1, 0.15) is 11.5 Å². The number of pyridine rings is 1. The molecule has 0 aliphatic carbocycles. The zero-order valence-electron chi connectivity index (χ0n) is 18.8. The number of nitrogens with zero attached hydrogens (tertiary/aromatic N) is 2. The molecule has 0 radical (unpaired) electrons. The molecule has 178 valence electrons. The van der Waals surface area contributed by atoms with Crippen molar-refractivity contribution in [1.82, 2.24) is 15.4 Å². The molecule has 0 saturated carbocycles. The van der Waals surface area contributed by atoms with E-state index >= 15 is 0 Å². The lowest BCUT2D eigenvalue weighted by atomic mass is 9.94. The molecule has 8 nitrogen and oxygen atoms in total. The summed E-state index contributed by atoms with van der Waals surface area (Å²) in [6.07, 6.45) is 3.54. The number of carbonyl (C=O) groups is 1. The largest absolute Gasteiger partial charge is 0.457 e. The Morgan fingerprint density at radius 3 is 2.12 bits per heavy atom. The van der Waals surface area contributed by atoms with Gasteiger partial charge in [-0.3, -0.25) is 19.9 Å². The molecule has 1 amide bonds. The number of ether oxygens (including phenoxy) is 1. The molecule has 4 rings (SSSR count). The number of piperidine rings is 1. The maximum Gasteiger partial charge on any atom is 0.265 e. The van der Waals surface area contributed by atoms with Gasteiger partial charge < -0.3 is 4.74 Å². The van der Waals surface area contributed by atoms with E-state index in [0.717, 1.165) is 11.1 Å². The molecule has 2 aromatic carbocycles. The van der Waals surface area contributed by atoms with Crippen LogP contribution in [0.4, 0.5) is 0 Å². The van der Waals surface area contributed by atoms with Gasteiger partial charge in [0.25, 0.3) is 5.91 Å². The van der Waals surface area contributed by atoms with Gasteiger partial charge >= 0.3 is 0 Å². The van der Waals surface area contributed by atoms with Crippen LogP contribution in [0.2, 0.25) is 0 Å². The fraction of sp³-hybridized carbons (Fsp3) is 0.280. The molecule has 1 fully saturated rings. The average molecular weight is 482 g/mol. The van der Waals surface area contributed by atoms with Crippen LogP contribution < -0.4 is 10.2 Å². The second-order valence-corrected chi connectivity index (χ2v) is 10.7. The summed E-state index contributed by atoms with van der Waals surface area (Å²) in [6.45, 7) is 3.39. The molecule has 1 aliphatic rings. The summed E-state index contributed by atoms with van der Waals surface area (Å²) in [4.78, 5) is 18.8. The molecule has 0 bridgehead atoms. The zero-order chi connectivity index (χ0) is 24.2. The van der Waals surface area contributed by atoms with Crippen LogP contribution >= 0.6 is 0 Å². The van der Waals surface area contributed by atoms with Gasteiger partial charge in [0.05, 0.1) is 4.90 Å². The Balaban J connectivity index is 1.52. The number of amides is 1. The number of hydrogen-bond acceptors (Lipinski definition) is 7.